The Morgan fingerprint density at radius 3 is 2.31 bits per heavy atom. The van der Waals surface area contributed by atoms with Gasteiger partial charge in [-0.25, -0.2) is 15.0 Å². The number of nitrogens with zero attached hydrogens (tertiary/aromatic N) is 8. The number of aliphatic hydroxyl groups excluding tert-OH is 1. The number of benzene rings is 2. The highest BCUT2D eigenvalue weighted by Crippen LogP contribution is 2.31. The topological polar surface area (TPSA) is 216 Å². The number of hydrogen-bond donors (Lipinski definition) is 5. The number of nitrogen functional groups attached to an aromatic ring is 1. The van der Waals surface area contributed by atoms with Crippen LogP contribution in [0.25, 0.3) is 21.8 Å². The minimum absolute atomic E-state index is 0.0382. The van der Waals surface area contributed by atoms with E-state index in [1.807, 2.05) is 80.3 Å². The van der Waals surface area contributed by atoms with Crippen LogP contribution in [0, 0.1) is 12.3 Å². The minimum atomic E-state index is -1.03. The Morgan fingerprint density at radius 2 is 1.63 bits per heavy atom. The number of amides is 3. The molecule has 16 nitrogen and oxygen atoms in total. The lowest BCUT2D eigenvalue weighted by Crippen LogP contribution is -2.58. The molecule has 17 heteroatoms. The van der Waals surface area contributed by atoms with E-state index in [1.54, 1.807) is 47.7 Å². The van der Waals surface area contributed by atoms with Gasteiger partial charge in [-0.15, -0.1) is 21.5 Å². The number of thiazole rings is 1. The molecule has 59 heavy (non-hydrogen) atoms. The molecule has 2 saturated heterocycles. The minimum Gasteiger partial charge on any atom is -0.507 e. The van der Waals surface area contributed by atoms with Gasteiger partial charge in [0.1, 0.15) is 29.3 Å². The first kappa shape index (κ1) is 41.0. The van der Waals surface area contributed by atoms with E-state index in [4.69, 9.17) is 5.73 Å². The van der Waals surface area contributed by atoms with E-state index in [-0.39, 0.29) is 48.0 Å². The third-order valence-electron chi connectivity index (χ3n) is 10.7. The molecule has 3 amide bonds. The van der Waals surface area contributed by atoms with Crippen LogP contribution >= 0.6 is 11.3 Å². The number of phenols is 1. The predicted octanol–water partition coefficient (Wildman–Crippen LogP) is 3.96. The Bertz CT molecular complexity index is 2320. The van der Waals surface area contributed by atoms with Crippen molar-refractivity contribution in [2.75, 3.05) is 48.3 Å². The smallest absolute Gasteiger partial charge is 0.270 e. The van der Waals surface area contributed by atoms with Crippen LogP contribution in [0.3, 0.4) is 0 Å². The van der Waals surface area contributed by atoms with Gasteiger partial charge in [0.25, 0.3) is 5.91 Å². The summed E-state index contributed by atoms with van der Waals surface area (Å²) in [6.07, 6.45) is -0.823. The number of aryl methyl sites for hydroxylation is 1. The van der Waals surface area contributed by atoms with Crippen molar-refractivity contribution >= 4 is 46.5 Å². The number of aromatic nitrogens is 5. The van der Waals surface area contributed by atoms with Crippen molar-refractivity contribution in [3.8, 4) is 27.6 Å². The van der Waals surface area contributed by atoms with E-state index >= 15 is 0 Å². The van der Waals surface area contributed by atoms with Crippen LogP contribution in [-0.4, -0.2) is 109 Å². The largest absolute Gasteiger partial charge is 0.507 e. The molecule has 0 unspecified atom stereocenters. The number of aliphatic hydroxyl groups is 1. The molecule has 5 aromatic rings. The first-order chi connectivity index (χ1) is 28.2. The summed E-state index contributed by atoms with van der Waals surface area (Å²) >= 11 is 1.57. The van der Waals surface area contributed by atoms with Crippen LogP contribution in [0.15, 0.2) is 72.2 Å². The number of piperazine rings is 1. The summed E-state index contributed by atoms with van der Waals surface area (Å²) in [6, 6.07) is 17.5. The summed E-state index contributed by atoms with van der Waals surface area (Å²) in [5.74, 6) is 0.135. The van der Waals surface area contributed by atoms with Crippen molar-refractivity contribution in [2.45, 2.75) is 65.3 Å². The van der Waals surface area contributed by atoms with E-state index in [2.05, 4.69) is 35.8 Å². The number of aromatic hydroxyl groups is 1. The van der Waals surface area contributed by atoms with Crippen molar-refractivity contribution in [3.05, 3.63) is 89.2 Å². The maximum atomic E-state index is 14.3. The summed E-state index contributed by atoms with van der Waals surface area (Å²) in [6.45, 7) is 11.4. The highest BCUT2D eigenvalue weighted by Gasteiger charge is 2.45. The Hall–Kier alpha value is -6.20. The van der Waals surface area contributed by atoms with Gasteiger partial charge < -0.3 is 41.3 Å². The fourth-order valence-electron chi connectivity index (χ4n) is 7.43. The molecule has 0 saturated carbocycles. The Morgan fingerprint density at radius 1 is 0.915 bits per heavy atom. The Labute approximate surface area is 346 Å². The molecule has 6 N–H and O–H groups in total. The normalized spacial score (nSPS) is 18.0. The standard InChI is InChI=1S/C42H49N11O5S/c1-24(26-13-15-27(16-14-26)34-25(2)44-23-59-34)45-40(57)31-21-28(54)22-53(31)41(58)35(42(3,4)5)47-39(56)30-10-8-12-33(46-30)51-17-19-52(20-18-51)38-36(43)49-50-37(48-38)29-9-6-7-11-32(29)55/h6-16,23-24,28,31,35,54-55H,17-22H2,1-5H3,(H2,43,49)(H,45,57)(H,47,56)/t24-,28+,31-,35+/m0/s1. The van der Waals surface area contributed by atoms with Crippen molar-refractivity contribution < 1.29 is 24.6 Å². The Balaban J connectivity index is 0.996. The Kier molecular flexibility index (Phi) is 11.8. The fraction of sp³-hybridized carbons (Fsp3) is 0.381. The van der Waals surface area contributed by atoms with Gasteiger partial charge in [0, 0.05) is 39.1 Å². The number of β-amino-alcohol motifs (C(OH)–C–C–N with tert-alkyl or cyclic N) is 1. The summed E-state index contributed by atoms with van der Waals surface area (Å²) in [7, 11) is 0. The first-order valence-electron chi connectivity index (χ1n) is 19.5. The zero-order valence-corrected chi connectivity index (χ0v) is 34.5. The summed E-state index contributed by atoms with van der Waals surface area (Å²) in [5, 5.41) is 35.1. The molecule has 7 rings (SSSR count). The van der Waals surface area contributed by atoms with Crippen LogP contribution in [0.2, 0.25) is 0 Å². The molecule has 2 aromatic carbocycles. The van der Waals surface area contributed by atoms with Gasteiger partial charge >= 0.3 is 0 Å². The van der Waals surface area contributed by atoms with Gasteiger partial charge in [0.05, 0.1) is 33.8 Å². The zero-order chi connectivity index (χ0) is 42.0. The highest BCUT2D eigenvalue weighted by molar-refractivity contribution is 7.13. The second-order valence-corrected chi connectivity index (χ2v) is 16.9. The summed E-state index contributed by atoms with van der Waals surface area (Å²) < 4.78 is 0. The zero-order valence-electron chi connectivity index (χ0n) is 33.7. The number of para-hydroxylation sites is 1. The molecular formula is C42H49N11O5S. The fourth-order valence-corrected chi connectivity index (χ4v) is 8.24. The van der Waals surface area contributed by atoms with E-state index in [0.29, 0.717) is 43.4 Å². The molecule has 5 heterocycles. The highest BCUT2D eigenvalue weighted by atomic mass is 32.1. The van der Waals surface area contributed by atoms with Crippen LogP contribution in [0.1, 0.15) is 61.9 Å². The van der Waals surface area contributed by atoms with Gasteiger partial charge in [-0.3, -0.25) is 14.4 Å². The average molecular weight is 820 g/mol. The second-order valence-electron chi connectivity index (χ2n) is 16.0. The van der Waals surface area contributed by atoms with E-state index in [0.717, 1.165) is 21.7 Å². The van der Waals surface area contributed by atoms with Crippen LogP contribution in [0.4, 0.5) is 17.5 Å². The molecule has 0 spiro atoms. The molecule has 3 aromatic heterocycles. The monoisotopic (exact) mass is 819 g/mol. The van der Waals surface area contributed by atoms with E-state index < -0.39 is 35.4 Å². The van der Waals surface area contributed by atoms with Gasteiger partial charge in [-0.05, 0) is 54.7 Å². The maximum Gasteiger partial charge on any atom is 0.270 e. The number of phenolic OH excluding ortho intramolecular Hbond substituents is 1. The average Bonchev–Trinajstić information content (AvgIpc) is 3.85. The molecule has 4 atom stereocenters. The summed E-state index contributed by atoms with van der Waals surface area (Å²) in [4.78, 5) is 62.0. The molecule has 2 fully saturated rings. The van der Waals surface area contributed by atoms with E-state index in [9.17, 15) is 24.6 Å². The lowest BCUT2D eigenvalue weighted by Gasteiger charge is -2.36. The number of nitrogens with two attached hydrogens (primary N) is 1. The van der Waals surface area contributed by atoms with Crippen molar-refractivity contribution in [1.29, 1.82) is 0 Å². The maximum absolute atomic E-state index is 14.3. The second kappa shape index (κ2) is 17.0. The lowest BCUT2D eigenvalue weighted by atomic mass is 9.85. The lowest BCUT2D eigenvalue weighted by molar-refractivity contribution is -0.142. The number of likely N-dealkylation sites (tertiary alicyclic amines) is 1. The molecule has 0 aliphatic carbocycles. The molecule has 0 radical (unpaired) electrons. The van der Waals surface area contributed by atoms with E-state index in [1.165, 1.54) is 4.90 Å². The molecule has 2 aliphatic heterocycles. The quantitative estimate of drug-likeness (QED) is 0.135. The van der Waals surface area contributed by atoms with Crippen LogP contribution in [0.5, 0.6) is 5.75 Å². The third-order valence-corrected chi connectivity index (χ3v) is 11.7. The number of hydrogen-bond acceptors (Lipinski definition) is 14. The van der Waals surface area contributed by atoms with Crippen molar-refractivity contribution in [3.63, 3.8) is 0 Å². The molecule has 2 aliphatic rings. The van der Waals surface area contributed by atoms with Gasteiger partial charge in [0.2, 0.25) is 11.8 Å². The van der Waals surface area contributed by atoms with Crippen molar-refractivity contribution in [1.82, 2.24) is 40.7 Å². The number of rotatable bonds is 10. The molecular weight excluding hydrogens is 771 g/mol. The number of anilines is 3. The van der Waals surface area contributed by atoms with Gasteiger partial charge in [-0.2, -0.15) is 0 Å². The van der Waals surface area contributed by atoms with Gasteiger partial charge in [-0.1, -0.05) is 63.2 Å². The molecule has 0 bridgehead atoms. The SMILES string of the molecule is Cc1ncsc1-c1ccc([C@H](C)NC(=O)[C@@H]2C[C@@H](O)CN2C(=O)[C@@H](NC(=O)c2cccc(N3CCN(c4nc(-c5ccccc5O)nnc4N)CC3)n2)C(C)(C)C)cc1. The van der Waals surface area contributed by atoms with Crippen molar-refractivity contribution in [2.24, 2.45) is 5.41 Å². The predicted molar refractivity (Wildman–Crippen MR) is 226 cm³/mol. The number of pyridine rings is 1. The van der Waals surface area contributed by atoms with Crippen LogP contribution < -0.4 is 26.2 Å². The third kappa shape index (κ3) is 8.95. The first-order valence-corrected chi connectivity index (χ1v) is 20.4. The number of carbonyl (C=O) groups is 3. The summed E-state index contributed by atoms with van der Waals surface area (Å²) in [5.41, 5.74) is 10.7. The number of nitrogens with one attached hydrogen (secondary N) is 2. The van der Waals surface area contributed by atoms with Crippen LogP contribution in [-0.2, 0) is 9.59 Å². The van der Waals surface area contributed by atoms with Gasteiger partial charge in [0.15, 0.2) is 17.5 Å². The number of carbonyl (C=O) groups excluding carboxylic acids is 3. The molecule has 308 valence electrons.